The fourth-order valence-electron chi connectivity index (χ4n) is 3.50. The Morgan fingerprint density at radius 1 is 1.22 bits per heavy atom. The van der Waals surface area contributed by atoms with E-state index in [-0.39, 0.29) is 17.0 Å². The molecule has 3 heterocycles. The number of ether oxygens (including phenoxy) is 1. The number of fused-ring (bicyclic) bond motifs is 1. The van der Waals surface area contributed by atoms with Crippen molar-refractivity contribution in [3.63, 3.8) is 0 Å². The summed E-state index contributed by atoms with van der Waals surface area (Å²) in [5.41, 5.74) is 6.79. The first kappa shape index (κ1) is 26.5. The molecule has 5 atom stereocenters. The Morgan fingerprint density at radius 3 is 2.64 bits per heavy atom. The van der Waals surface area contributed by atoms with Crippen LogP contribution in [0.15, 0.2) is 43.0 Å². The van der Waals surface area contributed by atoms with E-state index in [1.807, 2.05) is 0 Å². The molecule has 1 unspecified atom stereocenters. The van der Waals surface area contributed by atoms with Gasteiger partial charge in [0.1, 0.15) is 30.1 Å². The molecule has 1 aliphatic heterocycles. The van der Waals surface area contributed by atoms with E-state index in [9.17, 15) is 19.4 Å². The molecule has 8 N–H and O–H groups in total. The number of nitrogens with zero attached hydrogens (tertiary/aromatic N) is 4. The van der Waals surface area contributed by atoms with E-state index in [0.29, 0.717) is 5.69 Å². The number of amides is 2. The minimum absolute atomic E-state index is 0.0885. The van der Waals surface area contributed by atoms with Gasteiger partial charge in [-0.25, -0.2) is 28.6 Å². The van der Waals surface area contributed by atoms with Crippen LogP contribution in [0.2, 0.25) is 0 Å². The van der Waals surface area contributed by atoms with E-state index >= 15 is 0 Å². The van der Waals surface area contributed by atoms with Crippen molar-refractivity contribution in [2.75, 3.05) is 17.7 Å². The van der Waals surface area contributed by atoms with Crippen molar-refractivity contribution in [3.8, 4) is 0 Å². The summed E-state index contributed by atoms with van der Waals surface area (Å²) in [6.45, 7) is -5.27. The maximum absolute atomic E-state index is 12.7. The fraction of sp³-hybridized carbons (Fsp3) is 0.294. The highest BCUT2D eigenvalue weighted by atomic mass is 32.5. The predicted octanol–water partition coefficient (Wildman–Crippen LogP) is 0.200. The molecule has 1 fully saturated rings. The van der Waals surface area contributed by atoms with E-state index in [2.05, 4.69) is 41.7 Å². The lowest BCUT2D eigenvalue weighted by atomic mass is 10.1. The molecule has 4 rings (SSSR count). The highest BCUT2D eigenvalue weighted by molar-refractivity contribution is 8.08. The van der Waals surface area contributed by atoms with E-state index in [0.717, 1.165) is 0 Å². The number of carbonyl (C=O) groups is 1. The molecule has 2 aromatic heterocycles. The van der Waals surface area contributed by atoms with Crippen molar-refractivity contribution < 1.29 is 42.7 Å². The van der Waals surface area contributed by atoms with Crippen LogP contribution < -0.4 is 16.4 Å². The third-order valence-corrected chi connectivity index (χ3v) is 7.72. The number of nitrogens with one attached hydrogen (secondary N) is 2. The minimum atomic E-state index is -5.01. The number of phosphoric ester groups is 1. The quantitative estimate of drug-likeness (QED) is 0.182. The molecule has 0 spiro atoms. The van der Waals surface area contributed by atoms with Crippen LogP contribution in [0.3, 0.4) is 0 Å². The lowest BCUT2D eigenvalue weighted by Crippen LogP contribution is -2.48. The predicted molar refractivity (Wildman–Crippen MR) is 128 cm³/mol. The summed E-state index contributed by atoms with van der Waals surface area (Å²) in [5.74, 6) is 0.0885. The number of benzene rings is 1. The van der Waals surface area contributed by atoms with E-state index in [1.165, 1.54) is 17.2 Å². The molecule has 194 valence electrons. The molecule has 16 nitrogen and oxygen atoms in total. The van der Waals surface area contributed by atoms with Crippen molar-refractivity contribution in [1.29, 1.82) is 0 Å². The maximum Gasteiger partial charge on any atom is 0.479 e. The number of para-hydroxylation sites is 1. The molecule has 1 aliphatic rings. The number of aromatic nitrogens is 4. The molecular formula is C17H21N7O9P2S. The molecular weight excluding hydrogens is 540 g/mol. The van der Waals surface area contributed by atoms with Crippen LogP contribution in [-0.2, 0) is 29.9 Å². The SMILES string of the molecule is Nc1ncnc2c1ncn2[C@@H]1O[C@H](COP(=O)(O)OP(O)(O)=S)[C@@H](O)[C@H]1NC(=O)Nc1ccccc1. The highest BCUT2D eigenvalue weighted by Gasteiger charge is 2.47. The summed E-state index contributed by atoms with van der Waals surface area (Å²) in [5, 5.41) is 16.1. The normalized spacial score (nSPS) is 23.9. The first-order valence-electron chi connectivity index (χ1n) is 10.1. The fourth-order valence-corrected chi connectivity index (χ4v) is 5.86. The molecule has 19 heteroatoms. The first-order chi connectivity index (χ1) is 16.9. The summed E-state index contributed by atoms with van der Waals surface area (Å²) in [6.07, 6.45) is -1.41. The van der Waals surface area contributed by atoms with E-state index in [1.54, 1.807) is 30.3 Å². The lowest BCUT2D eigenvalue weighted by molar-refractivity contribution is -0.0429. The van der Waals surface area contributed by atoms with Crippen LogP contribution in [0, 0.1) is 0 Å². The molecule has 1 aromatic carbocycles. The second-order valence-corrected chi connectivity index (χ2v) is 11.7. The third kappa shape index (κ3) is 6.22. The molecule has 0 bridgehead atoms. The second-order valence-electron chi connectivity index (χ2n) is 7.47. The van der Waals surface area contributed by atoms with Gasteiger partial charge in [0.25, 0.3) is 0 Å². The van der Waals surface area contributed by atoms with Crippen molar-refractivity contribution in [2.24, 2.45) is 0 Å². The highest BCUT2D eigenvalue weighted by Crippen LogP contribution is 2.58. The zero-order chi connectivity index (χ0) is 26.1. The van der Waals surface area contributed by atoms with Gasteiger partial charge in [-0.2, -0.15) is 0 Å². The van der Waals surface area contributed by atoms with Gasteiger partial charge in [0, 0.05) is 5.69 Å². The standard InChI is InChI=1S/C17H21N7O9P2S/c18-14-12-15(20-7-19-14)24(8-21-12)16-11(23-17(26)22-9-4-2-1-3-5-9)13(25)10(32-16)6-31-34(27,28)33-35(29,30)36/h1-5,7-8,10-11,13,16,25H,6H2,(H,27,28)(H2,18,19,20)(H2,22,23,26)(H2,29,30,36)/t10-,11-,13-,16-/m1/s1. The average molecular weight is 561 g/mol. The van der Waals surface area contributed by atoms with Crippen LogP contribution >= 0.6 is 14.5 Å². The number of aliphatic hydroxyl groups is 1. The number of aliphatic hydroxyl groups excluding tert-OH is 1. The number of nitrogens with two attached hydrogens (primary N) is 1. The van der Waals surface area contributed by atoms with Crippen molar-refractivity contribution >= 4 is 55.0 Å². The Bertz CT molecular complexity index is 1340. The number of imidazole rings is 1. The minimum Gasteiger partial charge on any atom is -0.388 e. The molecule has 1 saturated heterocycles. The van der Waals surface area contributed by atoms with Gasteiger partial charge in [-0.1, -0.05) is 18.2 Å². The number of hydrogen-bond acceptors (Lipinski definition) is 11. The Balaban J connectivity index is 1.58. The second kappa shape index (κ2) is 10.4. The molecule has 0 radical (unpaired) electrons. The number of nitrogen functional groups attached to an aromatic ring is 1. The van der Waals surface area contributed by atoms with Crippen LogP contribution in [0.1, 0.15) is 6.23 Å². The molecule has 0 aliphatic carbocycles. The van der Waals surface area contributed by atoms with Crippen molar-refractivity contribution in [3.05, 3.63) is 43.0 Å². The number of carbonyl (C=O) groups excluding carboxylic acids is 1. The molecule has 0 saturated carbocycles. The third-order valence-electron chi connectivity index (χ3n) is 4.97. The van der Waals surface area contributed by atoms with Gasteiger partial charge in [0.15, 0.2) is 17.7 Å². The Morgan fingerprint density at radius 2 is 1.94 bits per heavy atom. The van der Waals surface area contributed by atoms with Gasteiger partial charge in [-0.05, 0) is 23.9 Å². The average Bonchev–Trinajstić information content (AvgIpc) is 3.34. The Labute approximate surface area is 207 Å². The van der Waals surface area contributed by atoms with Gasteiger partial charge in [-0.15, -0.1) is 0 Å². The summed E-state index contributed by atoms with van der Waals surface area (Å²) >= 11 is 4.17. The number of hydrogen-bond donors (Lipinski definition) is 7. The largest absolute Gasteiger partial charge is 0.479 e. The first-order valence-corrected chi connectivity index (χ1v) is 14.2. The van der Waals surface area contributed by atoms with Crippen LogP contribution in [0.4, 0.5) is 16.3 Å². The summed E-state index contributed by atoms with van der Waals surface area (Å²) in [6, 6.07) is 6.69. The summed E-state index contributed by atoms with van der Waals surface area (Å²) in [4.78, 5) is 52.7. The van der Waals surface area contributed by atoms with Gasteiger partial charge in [0.05, 0.1) is 12.9 Å². The van der Waals surface area contributed by atoms with Gasteiger partial charge in [-0.3, -0.25) is 9.09 Å². The Kier molecular flexibility index (Phi) is 7.68. The van der Waals surface area contributed by atoms with Gasteiger partial charge >= 0.3 is 20.6 Å². The summed E-state index contributed by atoms with van der Waals surface area (Å²) in [7, 11) is -5.01. The van der Waals surface area contributed by atoms with Crippen LogP contribution in [0.25, 0.3) is 11.2 Å². The van der Waals surface area contributed by atoms with E-state index in [4.69, 9.17) is 24.8 Å². The van der Waals surface area contributed by atoms with Crippen LogP contribution in [0.5, 0.6) is 0 Å². The molecule has 3 aromatic rings. The molecule has 36 heavy (non-hydrogen) atoms. The van der Waals surface area contributed by atoms with Gasteiger partial charge in [0.2, 0.25) is 0 Å². The summed E-state index contributed by atoms with van der Waals surface area (Å²) < 4.78 is 28.0. The Hall–Kier alpha value is -2.56. The van der Waals surface area contributed by atoms with Crippen molar-refractivity contribution in [2.45, 2.75) is 24.5 Å². The zero-order valence-electron chi connectivity index (χ0n) is 18.1. The smallest absolute Gasteiger partial charge is 0.388 e. The number of phosphoric acid groups is 1. The zero-order valence-corrected chi connectivity index (χ0v) is 20.7. The monoisotopic (exact) mass is 561 g/mol. The van der Waals surface area contributed by atoms with E-state index < -0.39 is 51.7 Å². The van der Waals surface area contributed by atoms with Crippen molar-refractivity contribution in [1.82, 2.24) is 24.8 Å². The van der Waals surface area contributed by atoms with Gasteiger partial charge < -0.3 is 40.9 Å². The number of urea groups is 1. The van der Waals surface area contributed by atoms with Crippen LogP contribution in [-0.4, -0.2) is 70.2 Å². The topological polar surface area (TPSA) is 236 Å². The number of rotatable bonds is 8. The maximum atomic E-state index is 12.7. The number of anilines is 2. The molecule has 2 amide bonds. The lowest BCUT2D eigenvalue weighted by Gasteiger charge is -2.23.